The second-order valence-corrected chi connectivity index (χ2v) is 9.13. The second-order valence-electron chi connectivity index (χ2n) is 9.13. The Kier molecular flexibility index (Phi) is 6.03. The quantitative estimate of drug-likeness (QED) is 0.465. The van der Waals surface area contributed by atoms with Gasteiger partial charge in [0.25, 0.3) is 0 Å². The van der Waals surface area contributed by atoms with E-state index in [4.69, 9.17) is 0 Å². The van der Waals surface area contributed by atoms with E-state index in [1.54, 1.807) is 12.4 Å². The largest absolute Gasteiger partial charge is 0.367 e. The van der Waals surface area contributed by atoms with Crippen molar-refractivity contribution in [3.05, 3.63) is 54.0 Å². The van der Waals surface area contributed by atoms with E-state index < -0.39 is 11.6 Å². The molecule has 178 valence electrons. The molecule has 4 aromatic rings. The van der Waals surface area contributed by atoms with Gasteiger partial charge in [-0.05, 0) is 44.0 Å². The molecular formula is C25H29F2N7. The molecule has 1 saturated heterocycles. The van der Waals surface area contributed by atoms with E-state index in [9.17, 15) is 8.78 Å². The Balaban J connectivity index is 1.35. The average molecular weight is 466 g/mol. The third-order valence-electron chi connectivity index (χ3n) is 6.46. The molecule has 3 aromatic heterocycles. The molecule has 0 spiro atoms. The van der Waals surface area contributed by atoms with E-state index in [0.717, 1.165) is 71.9 Å². The van der Waals surface area contributed by atoms with Crippen molar-refractivity contribution in [2.45, 2.75) is 26.3 Å². The van der Waals surface area contributed by atoms with Crippen LogP contribution in [-0.2, 0) is 13.5 Å². The summed E-state index contributed by atoms with van der Waals surface area (Å²) in [5.41, 5.74) is 3.79. The van der Waals surface area contributed by atoms with Crippen molar-refractivity contribution in [1.82, 2.24) is 24.4 Å². The van der Waals surface area contributed by atoms with Crippen LogP contribution in [0.1, 0.15) is 19.4 Å². The number of halogens is 2. The van der Waals surface area contributed by atoms with Crippen LogP contribution in [0.25, 0.3) is 21.9 Å². The van der Waals surface area contributed by atoms with Gasteiger partial charge in [-0.15, -0.1) is 0 Å². The number of piperazine rings is 1. The Bertz CT molecular complexity index is 1330. The number of anilines is 2. The van der Waals surface area contributed by atoms with Crippen LogP contribution in [0, 0.1) is 11.6 Å². The normalized spacial score (nSPS) is 15.1. The van der Waals surface area contributed by atoms with E-state index in [1.165, 1.54) is 12.1 Å². The lowest BCUT2D eigenvalue weighted by atomic mass is 10.1. The minimum Gasteiger partial charge on any atom is -0.367 e. The zero-order valence-electron chi connectivity index (χ0n) is 19.7. The predicted octanol–water partition coefficient (Wildman–Crippen LogP) is 3.98. The number of pyridine rings is 1. The SMILES string of the molecule is CC(C)Nc1nccc2c1c1ncnc(N3CCN(CCc4ccc(F)c(F)c4)CC3)c1n2C. The van der Waals surface area contributed by atoms with Crippen molar-refractivity contribution >= 4 is 33.6 Å². The first-order chi connectivity index (χ1) is 16.4. The lowest BCUT2D eigenvalue weighted by Gasteiger charge is -2.35. The first kappa shape index (κ1) is 22.5. The summed E-state index contributed by atoms with van der Waals surface area (Å²) in [5.74, 6) is 0.181. The molecule has 0 radical (unpaired) electrons. The van der Waals surface area contributed by atoms with Gasteiger partial charge in [-0.2, -0.15) is 0 Å². The van der Waals surface area contributed by atoms with E-state index in [-0.39, 0.29) is 6.04 Å². The summed E-state index contributed by atoms with van der Waals surface area (Å²) in [4.78, 5) is 18.5. The van der Waals surface area contributed by atoms with E-state index in [2.05, 4.69) is 55.5 Å². The van der Waals surface area contributed by atoms with Gasteiger partial charge in [0.05, 0.1) is 10.9 Å². The molecule has 0 amide bonds. The zero-order chi connectivity index (χ0) is 23.8. The van der Waals surface area contributed by atoms with Crippen LogP contribution in [0.2, 0.25) is 0 Å². The maximum absolute atomic E-state index is 13.5. The van der Waals surface area contributed by atoms with E-state index in [1.807, 2.05) is 12.3 Å². The van der Waals surface area contributed by atoms with Gasteiger partial charge in [-0.3, -0.25) is 4.90 Å². The Morgan fingerprint density at radius 2 is 1.79 bits per heavy atom. The zero-order valence-corrected chi connectivity index (χ0v) is 19.7. The van der Waals surface area contributed by atoms with Crippen LogP contribution >= 0.6 is 0 Å². The summed E-state index contributed by atoms with van der Waals surface area (Å²) in [5, 5.41) is 4.46. The number of aryl methyl sites for hydroxylation is 1. The topological polar surface area (TPSA) is 62.1 Å². The molecule has 1 aromatic carbocycles. The highest BCUT2D eigenvalue weighted by Gasteiger charge is 2.24. The van der Waals surface area contributed by atoms with Crippen LogP contribution in [-0.4, -0.2) is 63.2 Å². The Hall–Kier alpha value is -3.33. The highest BCUT2D eigenvalue weighted by Crippen LogP contribution is 2.35. The molecule has 1 N–H and O–H groups in total. The number of nitrogens with one attached hydrogen (secondary N) is 1. The molecular weight excluding hydrogens is 436 g/mol. The summed E-state index contributed by atoms with van der Waals surface area (Å²) < 4.78 is 28.8. The molecule has 1 fully saturated rings. The average Bonchev–Trinajstić information content (AvgIpc) is 3.13. The summed E-state index contributed by atoms with van der Waals surface area (Å²) in [6.07, 6.45) is 4.15. The molecule has 5 rings (SSSR count). The molecule has 9 heteroatoms. The number of aromatic nitrogens is 4. The van der Waals surface area contributed by atoms with Crippen LogP contribution in [0.15, 0.2) is 36.8 Å². The lowest BCUT2D eigenvalue weighted by molar-refractivity contribution is 0.260. The van der Waals surface area contributed by atoms with Gasteiger partial charge in [0.1, 0.15) is 23.2 Å². The molecule has 0 atom stereocenters. The first-order valence-corrected chi connectivity index (χ1v) is 11.7. The van der Waals surface area contributed by atoms with Gasteiger partial charge in [-0.1, -0.05) is 6.07 Å². The van der Waals surface area contributed by atoms with Crippen LogP contribution in [0.5, 0.6) is 0 Å². The maximum atomic E-state index is 13.5. The van der Waals surface area contributed by atoms with Crippen molar-refractivity contribution in [2.24, 2.45) is 7.05 Å². The minimum atomic E-state index is -0.801. The molecule has 0 unspecified atom stereocenters. The third kappa shape index (κ3) is 4.16. The molecule has 4 heterocycles. The third-order valence-corrected chi connectivity index (χ3v) is 6.46. The molecule has 1 aliphatic rings. The van der Waals surface area contributed by atoms with Gasteiger partial charge in [0.15, 0.2) is 17.5 Å². The monoisotopic (exact) mass is 465 g/mol. The van der Waals surface area contributed by atoms with Gasteiger partial charge < -0.3 is 14.8 Å². The van der Waals surface area contributed by atoms with Crippen molar-refractivity contribution in [3.8, 4) is 0 Å². The fourth-order valence-corrected chi connectivity index (χ4v) is 4.73. The molecule has 0 aliphatic carbocycles. The van der Waals surface area contributed by atoms with Crippen molar-refractivity contribution in [1.29, 1.82) is 0 Å². The number of rotatable bonds is 6. The summed E-state index contributed by atoms with van der Waals surface area (Å²) in [6, 6.07) is 6.42. The second kappa shape index (κ2) is 9.13. The fraction of sp³-hybridized carbons (Fsp3) is 0.400. The Labute approximate surface area is 197 Å². The molecule has 34 heavy (non-hydrogen) atoms. The van der Waals surface area contributed by atoms with Crippen LogP contribution in [0.4, 0.5) is 20.4 Å². The molecule has 0 bridgehead atoms. The van der Waals surface area contributed by atoms with Gasteiger partial charge in [0, 0.05) is 52.0 Å². The first-order valence-electron chi connectivity index (χ1n) is 11.7. The van der Waals surface area contributed by atoms with Crippen LogP contribution < -0.4 is 10.2 Å². The highest BCUT2D eigenvalue weighted by molar-refractivity contribution is 6.13. The summed E-state index contributed by atoms with van der Waals surface area (Å²) in [7, 11) is 2.05. The van der Waals surface area contributed by atoms with Gasteiger partial charge in [-0.25, -0.2) is 23.7 Å². The summed E-state index contributed by atoms with van der Waals surface area (Å²) in [6.45, 7) is 8.42. The van der Waals surface area contributed by atoms with Crippen LogP contribution in [0.3, 0.4) is 0 Å². The van der Waals surface area contributed by atoms with Crippen molar-refractivity contribution in [2.75, 3.05) is 42.9 Å². The smallest absolute Gasteiger partial charge is 0.159 e. The Morgan fingerprint density at radius 1 is 1.00 bits per heavy atom. The van der Waals surface area contributed by atoms with E-state index in [0.29, 0.717) is 6.42 Å². The van der Waals surface area contributed by atoms with Crippen molar-refractivity contribution < 1.29 is 8.78 Å². The molecule has 7 nitrogen and oxygen atoms in total. The van der Waals surface area contributed by atoms with Gasteiger partial charge in [0.2, 0.25) is 0 Å². The lowest BCUT2D eigenvalue weighted by Crippen LogP contribution is -2.47. The maximum Gasteiger partial charge on any atom is 0.159 e. The Morgan fingerprint density at radius 3 is 2.53 bits per heavy atom. The summed E-state index contributed by atoms with van der Waals surface area (Å²) >= 11 is 0. The highest BCUT2D eigenvalue weighted by atomic mass is 19.2. The predicted molar refractivity (Wildman–Crippen MR) is 131 cm³/mol. The number of fused-ring (bicyclic) bond motifs is 3. The van der Waals surface area contributed by atoms with E-state index >= 15 is 0 Å². The number of hydrogen-bond acceptors (Lipinski definition) is 6. The van der Waals surface area contributed by atoms with Crippen molar-refractivity contribution in [3.63, 3.8) is 0 Å². The fourth-order valence-electron chi connectivity index (χ4n) is 4.73. The number of nitrogens with zero attached hydrogens (tertiary/aromatic N) is 6. The standard InChI is InChI=1S/C25H29F2N7/c1-16(2)31-24-21-20(6-8-28-24)32(3)23-22(21)29-15-30-25(23)34-12-10-33(11-13-34)9-7-17-4-5-18(26)19(27)14-17/h4-6,8,14-16H,7,9-13H2,1-3H3,(H,28,31). The van der Waals surface area contributed by atoms with Gasteiger partial charge >= 0.3 is 0 Å². The number of hydrogen-bond donors (Lipinski definition) is 1. The minimum absolute atomic E-state index is 0.258. The molecule has 1 aliphatic heterocycles. The number of benzene rings is 1. The molecule has 0 saturated carbocycles.